The Bertz CT molecular complexity index is 377. The van der Waals surface area contributed by atoms with Crippen LogP contribution in [0.3, 0.4) is 0 Å². The van der Waals surface area contributed by atoms with Gasteiger partial charge in [0.2, 0.25) is 0 Å². The molecule has 0 aliphatic carbocycles. The van der Waals surface area contributed by atoms with Gasteiger partial charge in [-0.15, -0.1) is 3.63 Å². The average Bonchev–Trinajstić information content (AvgIpc) is 2.10. The van der Waals surface area contributed by atoms with Crippen LogP contribution in [0.2, 0.25) is 0 Å². The lowest BCUT2D eigenvalue weighted by atomic mass is 10.2. The Hall–Kier alpha value is -0.670. The molecule has 13 heteroatoms. The lowest BCUT2D eigenvalue weighted by molar-refractivity contribution is -0.121. The summed E-state index contributed by atoms with van der Waals surface area (Å²) in [6.45, 7) is -0.597. The number of hydrogen-bond acceptors (Lipinski definition) is 9. The number of aliphatic hydroxyl groups excluding tert-OH is 3. The molecule has 0 aliphatic heterocycles. The molecule has 0 amide bonds. The van der Waals surface area contributed by atoms with E-state index in [1.807, 2.05) is 0 Å². The molecule has 0 aromatic rings. The molecule has 0 aromatic heterocycles. The first-order chi connectivity index (χ1) is 7.43. The third-order valence-corrected chi connectivity index (χ3v) is 2.27. The summed E-state index contributed by atoms with van der Waals surface area (Å²) in [5, 5.41) is 24.8. The molecule has 0 aromatic carbocycles. The van der Waals surface area contributed by atoms with Gasteiger partial charge in [0.05, 0.1) is 6.61 Å². The maximum atomic E-state index is 9.58. The number of carbonyl (C=O) groups is 1. The van der Waals surface area contributed by atoms with E-state index in [0.717, 1.165) is 0 Å². The second-order valence-corrected chi connectivity index (χ2v) is 4.56. The topological polar surface area (TPSA) is 196 Å². The number of carbonyl (C=O) groups excluding carboxylic acids is 1. The predicted octanol–water partition coefficient (Wildman–Crippen LogP) is -3.49. The van der Waals surface area contributed by atoms with Crippen molar-refractivity contribution in [2.75, 3.05) is 6.61 Å². The second-order valence-electron chi connectivity index (χ2n) is 2.30. The van der Waals surface area contributed by atoms with Crippen LogP contribution in [0.4, 0.5) is 0 Å². The van der Waals surface area contributed by atoms with Crippen LogP contribution in [0.1, 0.15) is 0 Å². The van der Waals surface area contributed by atoms with Crippen LogP contribution >= 0.6 is 0 Å². The Morgan fingerprint density at radius 1 is 1.06 bits per heavy atom. The molecule has 0 spiro atoms. The molecule has 0 heterocycles. The highest BCUT2D eigenvalue weighted by Gasteiger charge is 2.15. The number of rotatable bonds is 5. The number of aliphatic hydroxyl groups is 3. The van der Waals surface area contributed by atoms with Crippen LogP contribution in [0, 0.1) is 0 Å². The molecular formula is C4H10O11S2. The minimum absolute atomic E-state index is 0.168. The molecule has 2 atom stereocenters. The van der Waals surface area contributed by atoms with Crippen LogP contribution in [0.25, 0.3) is 0 Å². The highest BCUT2D eigenvalue weighted by Crippen LogP contribution is 1.91. The van der Waals surface area contributed by atoms with E-state index < -0.39 is 39.6 Å². The zero-order valence-corrected chi connectivity index (χ0v) is 9.57. The summed E-state index contributed by atoms with van der Waals surface area (Å²) in [6.07, 6.45) is -2.63. The maximum Gasteiger partial charge on any atom is 0.413 e. The number of aldehydes is 1. The lowest BCUT2D eigenvalue weighted by Gasteiger charge is -2.06. The Morgan fingerprint density at radius 2 is 1.41 bits per heavy atom. The fourth-order valence-electron chi connectivity index (χ4n) is 0.307. The summed E-state index contributed by atoms with van der Waals surface area (Å²) in [5.74, 6) is 0. The van der Waals surface area contributed by atoms with Crippen molar-refractivity contribution in [1.29, 1.82) is 0 Å². The monoisotopic (exact) mass is 298 g/mol. The van der Waals surface area contributed by atoms with Gasteiger partial charge >= 0.3 is 20.8 Å². The Labute approximate surface area is 96.2 Å². The molecular weight excluding hydrogens is 288 g/mol. The van der Waals surface area contributed by atoms with Crippen LogP contribution in [0.5, 0.6) is 0 Å². The molecule has 0 fully saturated rings. The summed E-state index contributed by atoms with van der Waals surface area (Å²) >= 11 is 0. The van der Waals surface area contributed by atoms with Crippen LogP contribution < -0.4 is 0 Å². The Morgan fingerprint density at radius 3 is 1.47 bits per heavy atom. The first-order valence-corrected chi connectivity index (χ1v) is 6.24. The largest absolute Gasteiger partial charge is 0.413 e. The average molecular weight is 298 g/mol. The van der Waals surface area contributed by atoms with E-state index in [1.54, 1.807) is 0 Å². The minimum atomic E-state index is -5.12. The molecule has 17 heavy (non-hydrogen) atoms. The molecule has 0 saturated heterocycles. The van der Waals surface area contributed by atoms with Crippen molar-refractivity contribution in [1.82, 2.24) is 0 Å². The SMILES string of the molecule is O=C[C@H](O)[C@H](O)CO.O=S(=O)(O)OS(=O)(=O)O. The first-order valence-electron chi connectivity index (χ1n) is 3.51. The third kappa shape index (κ3) is 15.3. The van der Waals surface area contributed by atoms with Gasteiger partial charge in [0, 0.05) is 0 Å². The molecule has 0 aliphatic rings. The van der Waals surface area contributed by atoms with E-state index >= 15 is 0 Å². The highest BCUT2D eigenvalue weighted by molar-refractivity contribution is 7.94. The molecule has 104 valence electrons. The van der Waals surface area contributed by atoms with Gasteiger partial charge in [0.25, 0.3) is 0 Å². The fraction of sp³-hybridized carbons (Fsp3) is 0.750. The van der Waals surface area contributed by atoms with Crippen molar-refractivity contribution in [2.45, 2.75) is 12.2 Å². The normalized spacial score (nSPS) is 15.4. The van der Waals surface area contributed by atoms with E-state index in [-0.39, 0.29) is 6.29 Å². The van der Waals surface area contributed by atoms with E-state index in [9.17, 15) is 21.6 Å². The van der Waals surface area contributed by atoms with Gasteiger partial charge in [0.15, 0.2) is 6.29 Å². The standard InChI is InChI=1S/C4H8O4.H2O7S2/c5-1-3(7)4(8)2-6;1-8(2,3)7-9(4,5)6/h1,3-4,6-8H,2H2;(H,1,2,3)(H,4,5,6)/t3-,4+;/m0./s1. The molecule has 0 radical (unpaired) electrons. The van der Waals surface area contributed by atoms with Gasteiger partial charge in [-0.25, -0.2) is 0 Å². The van der Waals surface area contributed by atoms with E-state index in [0.29, 0.717) is 0 Å². The van der Waals surface area contributed by atoms with Crippen molar-refractivity contribution < 1.29 is 49.7 Å². The maximum absolute atomic E-state index is 9.58. The summed E-state index contributed by atoms with van der Waals surface area (Å²) in [4.78, 5) is 9.58. The molecule has 5 N–H and O–H groups in total. The van der Waals surface area contributed by atoms with Crippen LogP contribution in [-0.4, -0.2) is 66.4 Å². The molecule has 0 rings (SSSR count). The minimum Gasteiger partial charge on any atom is -0.394 e. The van der Waals surface area contributed by atoms with E-state index in [1.165, 1.54) is 0 Å². The van der Waals surface area contributed by atoms with E-state index in [4.69, 9.17) is 24.4 Å². The molecule has 0 bridgehead atoms. The summed E-state index contributed by atoms with van der Waals surface area (Å²) in [7, 11) is -10.2. The van der Waals surface area contributed by atoms with E-state index in [2.05, 4.69) is 3.63 Å². The number of hydrogen-bond donors (Lipinski definition) is 5. The smallest absolute Gasteiger partial charge is 0.394 e. The second kappa shape index (κ2) is 7.62. The van der Waals surface area contributed by atoms with Crippen molar-refractivity contribution in [2.24, 2.45) is 0 Å². The van der Waals surface area contributed by atoms with Crippen LogP contribution in [0.15, 0.2) is 0 Å². The lowest BCUT2D eigenvalue weighted by Crippen LogP contribution is -2.30. The summed E-state index contributed by atoms with van der Waals surface area (Å²) in [5.41, 5.74) is 0. The van der Waals surface area contributed by atoms with Crippen molar-refractivity contribution in [3.05, 3.63) is 0 Å². The zero-order chi connectivity index (χ0) is 14.3. The van der Waals surface area contributed by atoms with Crippen molar-refractivity contribution in [3.8, 4) is 0 Å². The van der Waals surface area contributed by atoms with Gasteiger partial charge < -0.3 is 20.1 Å². The van der Waals surface area contributed by atoms with Crippen molar-refractivity contribution >= 4 is 27.1 Å². The molecule has 0 unspecified atom stereocenters. The molecule has 0 saturated carbocycles. The Kier molecular flexibility index (Phi) is 8.37. The van der Waals surface area contributed by atoms with Gasteiger partial charge in [0.1, 0.15) is 12.2 Å². The van der Waals surface area contributed by atoms with Crippen LogP contribution in [-0.2, 0) is 29.2 Å². The Balaban J connectivity index is 0. The van der Waals surface area contributed by atoms with Gasteiger partial charge in [-0.3, -0.25) is 9.11 Å². The van der Waals surface area contributed by atoms with Gasteiger partial charge in [-0.2, -0.15) is 16.8 Å². The quantitative estimate of drug-likeness (QED) is 0.249. The van der Waals surface area contributed by atoms with Crippen molar-refractivity contribution in [3.63, 3.8) is 0 Å². The van der Waals surface area contributed by atoms with Gasteiger partial charge in [-0.1, -0.05) is 0 Å². The summed E-state index contributed by atoms with van der Waals surface area (Å²) < 4.78 is 55.6. The highest BCUT2D eigenvalue weighted by atomic mass is 32.3. The molecule has 11 nitrogen and oxygen atoms in total. The summed E-state index contributed by atoms with van der Waals surface area (Å²) in [6, 6.07) is 0. The van der Waals surface area contributed by atoms with Gasteiger partial charge in [-0.05, 0) is 0 Å². The zero-order valence-electron chi connectivity index (χ0n) is 7.94. The fourth-order valence-corrected chi connectivity index (χ4v) is 1.18. The predicted molar refractivity (Wildman–Crippen MR) is 49.3 cm³/mol. The third-order valence-electron chi connectivity index (χ3n) is 0.893. The first kappa shape index (κ1) is 18.7.